The molecule has 1 aliphatic rings. The van der Waals surface area contributed by atoms with Crippen LogP contribution in [0, 0.1) is 12.8 Å². The van der Waals surface area contributed by atoms with Crippen LogP contribution in [0.1, 0.15) is 37.7 Å². The van der Waals surface area contributed by atoms with Crippen LogP contribution in [0.15, 0.2) is 22.7 Å². The van der Waals surface area contributed by atoms with Gasteiger partial charge < -0.3 is 10.1 Å². The molecule has 0 saturated heterocycles. The smallest absolute Gasteiger partial charge is 0.306 e. The van der Waals surface area contributed by atoms with E-state index in [9.17, 15) is 9.59 Å². The molecule has 1 aromatic carbocycles. The summed E-state index contributed by atoms with van der Waals surface area (Å²) in [5, 5.41) is 2.71. The van der Waals surface area contributed by atoms with E-state index in [0.29, 0.717) is 18.0 Å². The van der Waals surface area contributed by atoms with E-state index in [1.165, 1.54) is 12.8 Å². The number of carbonyl (C=O) groups is 2. The molecule has 21 heavy (non-hydrogen) atoms. The molecule has 0 radical (unpaired) electrons. The van der Waals surface area contributed by atoms with Crippen LogP contribution in [0.4, 0.5) is 5.69 Å². The average molecular weight is 354 g/mol. The molecule has 0 aromatic heterocycles. The van der Waals surface area contributed by atoms with Gasteiger partial charge in [0.1, 0.15) is 0 Å². The largest absolute Gasteiger partial charge is 0.456 e. The third-order valence-corrected chi connectivity index (χ3v) is 4.60. The Bertz CT molecular complexity index is 524. The van der Waals surface area contributed by atoms with Gasteiger partial charge in [0.15, 0.2) is 6.61 Å². The Morgan fingerprint density at radius 1 is 1.33 bits per heavy atom. The van der Waals surface area contributed by atoms with E-state index in [4.69, 9.17) is 4.74 Å². The summed E-state index contributed by atoms with van der Waals surface area (Å²) >= 11 is 3.41. The number of hydrogen-bond acceptors (Lipinski definition) is 3. The van der Waals surface area contributed by atoms with Crippen LogP contribution < -0.4 is 5.32 Å². The normalized spacial score (nSPS) is 15.0. The van der Waals surface area contributed by atoms with Crippen LogP contribution in [-0.2, 0) is 14.3 Å². The maximum atomic E-state index is 11.7. The highest BCUT2D eigenvalue weighted by Crippen LogP contribution is 2.27. The summed E-state index contributed by atoms with van der Waals surface area (Å²) in [4.78, 5) is 23.4. The zero-order chi connectivity index (χ0) is 15.2. The molecule has 0 heterocycles. The van der Waals surface area contributed by atoms with Crippen LogP contribution in [0.2, 0.25) is 0 Å². The van der Waals surface area contributed by atoms with Crippen molar-refractivity contribution >= 4 is 33.5 Å². The number of amides is 1. The van der Waals surface area contributed by atoms with E-state index in [1.807, 2.05) is 25.1 Å². The number of anilines is 1. The average Bonchev–Trinajstić information content (AvgIpc) is 2.93. The first-order valence-electron chi connectivity index (χ1n) is 7.26. The van der Waals surface area contributed by atoms with Crippen LogP contribution in [0.3, 0.4) is 0 Å². The van der Waals surface area contributed by atoms with Gasteiger partial charge in [-0.1, -0.05) is 34.8 Å². The quantitative estimate of drug-likeness (QED) is 0.818. The molecule has 1 saturated carbocycles. The number of carbonyl (C=O) groups excluding carboxylic acids is 2. The lowest BCUT2D eigenvalue weighted by Crippen LogP contribution is -2.21. The van der Waals surface area contributed by atoms with E-state index in [2.05, 4.69) is 21.2 Å². The number of rotatable bonds is 5. The second kappa shape index (κ2) is 7.59. The molecule has 0 atom stereocenters. The standard InChI is InChI=1S/C16H20BrNO3/c1-11-6-7-13(9-14(11)17)18-15(19)10-21-16(20)8-12-4-2-3-5-12/h6-7,9,12H,2-5,8,10H2,1H3,(H,18,19). The molecule has 0 spiro atoms. The van der Waals surface area contributed by atoms with Gasteiger partial charge in [0.2, 0.25) is 0 Å². The number of esters is 1. The number of hydrogen-bond donors (Lipinski definition) is 1. The maximum absolute atomic E-state index is 11.7. The first-order chi connectivity index (χ1) is 10.0. The van der Waals surface area contributed by atoms with Gasteiger partial charge in [-0.25, -0.2) is 0 Å². The Hall–Kier alpha value is -1.36. The van der Waals surface area contributed by atoms with Crippen molar-refractivity contribution in [1.82, 2.24) is 0 Å². The van der Waals surface area contributed by atoms with Crippen molar-refractivity contribution in [3.05, 3.63) is 28.2 Å². The molecule has 5 heteroatoms. The number of nitrogens with one attached hydrogen (secondary N) is 1. The molecule has 0 bridgehead atoms. The summed E-state index contributed by atoms with van der Waals surface area (Å²) in [7, 11) is 0. The topological polar surface area (TPSA) is 55.4 Å². The Morgan fingerprint density at radius 2 is 2.05 bits per heavy atom. The second-order valence-electron chi connectivity index (χ2n) is 5.53. The molecular weight excluding hydrogens is 334 g/mol. The van der Waals surface area contributed by atoms with Crippen molar-refractivity contribution in [2.45, 2.75) is 39.0 Å². The van der Waals surface area contributed by atoms with Crippen molar-refractivity contribution < 1.29 is 14.3 Å². The van der Waals surface area contributed by atoms with E-state index >= 15 is 0 Å². The summed E-state index contributed by atoms with van der Waals surface area (Å²) in [6.45, 7) is 1.75. The fourth-order valence-electron chi connectivity index (χ4n) is 2.52. The monoisotopic (exact) mass is 353 g/mol. The number of halogens is 1. The maximum Gasteiger partial charge on any atom is 0.306 e. The van der Waals surface area contributed by atoms with Crippen LogP contribution >= 0.6 is 15.9 Å². The minimum absolute atomic E-state index is 0.225. The molecule has 0 unspecified atom stereocenters. The Morgan fingerprint density at radius 3 is 2.71 bits per heavy atom. The van der Waals surface area contributed by atoms with Gasteiger partial charge in [0.05, 0.1) is 0 Å². The van der Waals surface area contributed by atoms with Crippen molar-refractivity contribution in [3.63, 3.8) is 0 Å². The molecule has 1 aromatic rings. The molecule has 0 aliphatic heterocycles. The molecule has 114 valence electrons. The Kier molecular flexibility index (Phi) is 5.79. The van der Waals surface area contributed by atoms with E-state index in [-0.39, 0.29) is 18.5 Å². The van der Waals surface area contributed by atoms with E-state index in [1.54, 1.807) is 0 Å². The second-order valence-corrected chi connectivity index (χ2v) is 6.38. The lowest BCUT2D eigenvalue weighted by Gasteiger charge is -2.10. The molecule has 1 N–H and O–H groups in total. The Balaban J connectivity index is 1.73. The molecule has 4 nitrogen and oxygen atoms in total. The van der Waals surface area contributed by atoms with Gasteiger partial charge in [-0.3, -0.25) is 9.59 Å². The van der Waals surface area contributed by atoms with Gasteiger partial charge in [0.25, 0.3) is 5.91 Å². The highest BCUT2D eigenvalue weighted by atomic mass is 79.9. The first-order valence-corrected chi connectivity index (χ1v) is 8.05. The first kappa shape index (κ1) is 16.0. The van der Waals surface area contributed by atoms with Crippen molar-refractivity contribution in [2.75, 3.05) is 11.9 Å². The summed E-state index contributed by atoms with van der Waals surface area (Å²) in [5.41, 5.74) is 1.78. The van der Waals surface area contributed by atoms with Gasteiger partial charge in [0, 0.05) is 16.6 Å². The fraction of sp³-hybridized carbons (Fsp3) is 0.500. The van der Waals surface area contributed by atoms with Gasteiger partial charge in [-0.05, 0) is 43.4 Å². The molecule has 1 amide bonds. The third-order valence-electron chi connectivity index (χ3n) is 3.75. The van der Waals surface area contributed by atoms with Crippen molar-refractivity contribution in [2.24, 2.45) is 5.92 Å². The van der Waals surface area contributed by atoms with Crippen molar-refractivity contribution in [1.29, 1.82) is 0 Å². The fourth-order valence-corrected chi connectivity index (χ4v) is 2.90. The van der Waals surface area contributed by atoms with E-state index in [0.717, 1.165) is 22.9 Å². The number of ether oxygens (including phenoxy) is 1. The highest BCUT2D eigenvalue weighted by Gasteiger charge is 2.19. The molecule has 1 fully saturated rings. The minimum atomic E-state index is -0.314. The SMILES string of the molecule is Cc1ccc(NC(=O)COC(=O)CC2CCCC2)cc1Br. The molecule has 2 rings (SSSR count). The minimum Gasteiger partial charge on any atom is -0.456 e. The lowest BCUT2D eigenvalue weighted by atomic mass is 10.1. The highest BCUT2D eigenvalue weighted by molar-refractivity contribution is 9.10. The lowest BCUT2D eigenvalue weighted by molar-refractivity contribution is -0.148. The third kappa shape index (κ3) is 5.16. The summed E-state index contributed by atoms with van der Waals surface area (Å²) < 4.78 is 5.96. The summed E-state index contributed by atoms with van der Waals surface area (Å²) in [5.74, 6) is -0.152. The summed E-state index contributed by atoms with van der Waals surface area (Å²) in [6.07, 6.45) is 5.02. The molecular formula is C16H20BrNO3. The Labute approximate surface area is 133 Å². The predicted molar refractivity (Wildman–Crippen MR) is 85.0 cm³/mol. The van der Waals surface area contributed by atoms with Crippen LogP contribution in [0.25, 0.3) is 0 Å². The zero-order valence-corrected chi connectivity index (χ0v) is 13.7. The zero-order valence-electron chi connectivity index (χ0n) is 12.2. The van der Waals surface area contributed by atoms with Crippen LogP contribution in [0.5, 0.6) is 0 Å². The van der Waals surface area contributed by atoms with Crippen LogP contribution in [-0.4, -0.2) is 18.5 Å². The van der Waals surface area contributed by atoms with Gasteiger partial charge >= 0.3 is 5.97 Å². The van der Waals surface area contributed by atoms with E-state index < -0.39 is 0 Å². The van der Waals surface area contributed by atoms with Gasteiger partial charge in [-0.15, -0.1) is 0 Å². The number of aryl methyl sites for hydroxylation is 1. The van der Waals surface area contributed by atoms with Gasteiger partial charge in [-0.2, -0.15) is 0 Å². The van der Waals surface area contributed by atoms with Crippen molar-refractivity contribution in [3.8, 4) is 0 Å². The summed E-state index contributed by atoms with van der Waals surface area (Å²) in [6, 6.07) is 5.55. The molecule has 1 aliphatic carbocycles. The predicted octanol–water partition coefficient (Wildman–Crippen LogP) is 3.82. The number of benzene rings is 1.